The molecular formula is C17H13Cl3N4O2S. The topological polar surface area (TPSA) is 79.9 Å². The van der Waals surface area contributed by atoms with Crippen LogP contribution in [0.25, 0.3) is 0 Å². The quantitative estimate of drug-likeness (QED) is 0.498. The summed E-state index contributed by atoms with van der Waals surface area (Å²) in [6, 6.07) is 12.0. The summed E-state index contributed by atoms with van der Waals surface area (Å²) in [4.78, 5) is 16.4. The summed E-state index contributed by atoms with van der Waals surface area (Å²) in [5.41, 5.74) is 0.387. The average molecular weight is 444 g/mol. The maximum absolute atomic E-state index is 12.1. The zero-order chi connectivity index (χ0) is 19.2. The van der Waals surface area contributed by atoms with Crippen molar-refractivity contribution in [3.05, 3.63) is 63.4 Å². The van der Waals surface area contributed by atoms with Gasteiger partial charge in [0.05, 0.1) is 21.5 Å². The molecule has 3 rings (SSSR count). The summed E-state index contributed by atoms with van der Waals surface area (Å²) in [6.07, 6.45) is 0. The Kier molecular flexibility index (Phi) is 6.84. The second-order valence-electron chi connectivity index (χ2n) is 5.24. The Morgan fingerprint density at radius 1 is 1.11 bits per heavy atom. The van der Waals surface area contributed by atoms with Crippen molar-refractivity contribution in [3.63, 3.8) is 0 Å². The molecule has 2 aromatic carbocycles. The molecule has 2 N–H and O–H groups in total. The van der Waals surface area contributed by atoms with Crippen molar-refractivity contribution in [1.82, 2.24) is 15.2 Å². The van der Waals surface area contributed by atoms with Crippen LogP contribution in [-0.4, -0.2) is 26.8 Å². The van der Waals surface area contributed by atoms with Crippen LogP contribution in [0.3, 0.4) is 0 Å². The smallest absolute Gasteiger partial charge is 0.234 e. The van der Waals surface area contributed by atoms with Crippen LogP contribution in [0, 0.1) is 0 Å². The highest BCUT2D eigenvalue weighted by molar-refractivity contribution is 7.99. The summed E-state index contributed by atoms with van der Waals surface area (Å²) < 4.78 is 5.58. The van der Waals surface area contributed by atoms with E-state index in [1.165, 1.54) is 11.8 Å². The Morgan fingerprint density at radius 3 is 2.52 bits per heavy atom. The van der Waals surface area contributed by atoms with Crippen LogP contribution in [0.5, 0.6) is 5.75 Å². The molecule has 0 saturated heterocycles. The zero-order valence-corrected chi connectivity index (χ0v) is 16.8. The Morgan fingerprint density at radius 2 is 1.81 bits per heavy atom. The van der Waals surface area contributed by atoms with Crippen molar-refractivity contribution >= 4 is 58.2 Å². The van der Waals surface area contributed by atoms with Gasteiger partial charge in [0.2, 0.25) is 11.1 Å². The lowest BCUT2D eigenvalue weighted by molar-refractivity contribution is -0.113. The number of hydrogen-bond donors (Lipinski definition) is 2. The number of H-pyrrole nitrogens is 1. The maximum atomic E-state index is 12.1. The number of hydrogen-bond acceptors (Lipinski definition) is 5. The molecule has 1 heterocycles. The molecule has 1 aromatic heterocycles. The monoisotopic (exact) mass is 442 g/mol. The van der Waals surface area contributed by atoms with E-state index in [0.29, 0.717) is 37.5 Å². The molecule has 0 aliphatic rings. The van der Waals surface area contributed by atoms with E-state index in [-0.39, 0.29) is 18.3 Å². The fourth-order valence-corrected chi connectivity index (χ4v) is 3.25. The average Bonchev–Trinajstić information content (AvgIpc) is 3.11. The van der Waals surface area contributed by atoms with Crippen LogP contribution in [-0.2, 0) is 11.4 Å². The first kappa shape index (κ1) is 19.8. The van der Waals surface area contributed by atoms with Crippen LogP contribution < -0.4 is 10.1 Å². The number of nitrogens with one attached hydrogen (secondary N) is 2. The number of rotatable bonds is 7. The predicted molar refractivity (Wildman–Crippen MR) is 108 cm³/mol. The molecule has 0 unspecified atom stereocenters. The van der Waals surface area contributed by atoms with Crippen molar-refractivity contribution in [1.29, 1.82) is 0 Å². The van der Waals surface area contributed by atoms with Gasteiger partial charge in [0, 0.05) is 5.02 Å². The molecule has 0 spiro atoms. The summed E-state index contributed by atoms with van der Waals surface area (Å²) in [6.45, 7) is 0.219. The molecule has 0 atom stereocenters. The zero-order valence-electron chi connectivity index (χ0n) is 13.7. The molecule has 27 heavy (non-hydrogen) atoms. The summed E-state index contributed by atoms with van der Waals surface area (Å²) in [5, 5.41) is 11.3. The Balaban J connectivity index is 1.49. The molecule has 6 nitrogen and oxygen atoms in total. The largest absolute Gasteiger partial charge is 0.486 e. The third kappa shape index (κ3) is 5.77. The third-order valence-electron chi connectivity index (χ3n) is 3.26. The van der Waals surface area contributed by atoms with Crippen molar-refractivity contribution in [3.8, 4) is 5.75 Å². The van der Waals surface area contributed by atoms with Gasteiger partial charge in [-0.05, 0) is 36.4 Å². The molecule has 0 aliphatic heterocycles. The van der Waals surface area contributed by atoms with Gasteiger partial charge in [-0.25, -0.2) is 4.98 Å². The van der Waals surface area contributed by atoms with Crippen molar-refractivity contribution < 1.29 is 9.53 Å². The first-order chi connectivity index (χ1) is 13.0. The number of ether oxygens (including phenoxy) is 1. The number of anilines is 1. The van der Waals surface area contributed by atoms with E-state index in [9.17, 15) is 4.79 Å². The van der Waals surface area contributed by atoms with Crippen molar-refractivity contribution in [2.45, 2.75) is 11.8 Å². The molecule has 140 valence electrons. The number of carbonyl (C=O) groups is 1. The van der Waals surface area contributed by atoms with Gasteiger partial charge in [0.25, 0.3) is 0 Å². The van der Waals surface area contributed by atoms with Crippen molar-refractivity contribution in [2.75, 3.05) is 11.1 Å². The molecule has 0 aliphatic carbocycles. The number of aromatic amines is 1. The second kappa shape index (κ2) is 9.32. The van der Waals surface area contributed by atoms with Gasteiger partial charge in [-0.3, -0.25) is 9.89 Å². The number of para-hydroxylation sites is 1. The number of thioether (sulfide) groups is 1. The molecule has 1 amide bonds. The van der Waals surface area contributed by atoms with E-state index >= 15 is 0 Å². The fraction of sp³-hybridized carbons (Fsp3) is 0.118. The van der Waals surface area contributed by atoms with E-state index in [2.05, 4.69) is 20.5 Å². The first-order valence-electron chi connectivity index (χ1n) is 7.67. The van der Waals surface area contributed by atoms with Crippen LogP contribution >= 0.6 is 46.6 Å². The van der Waals surface area contributed by atoms with Gasteiger partial charge in [-0.15, -0.1) is 5.10 Å². The minimum Gasteiger partial charge on any atom is -0.486 e. The van der Waals surface area contributed by atoms with Crippen LogP contribution in [0.1, 0.15) is 5.82 Å². The number of benzene rings is 2. The lowest BCUT2D eigenvalue weighted by Gasteiger charge is -2.08. The number of nitrogens with zero attached hydrogens (tertiary/aromatic N) is 2. The van der Waals surface area contributed by atoms with Gasteiger partial charge < -0.3 is 10.1 Å². The van der Waals surface area contributed by atoms with Gasteiger partial charge in [0.15, 0.2) is 5.82 Å². The lowest BCUT2D eigenvalue weighted by atomic mass is 10.3. The minimum absolute atomic E-state index is 0.108. The fourth-order valence-electron chi connectivity index (χ4n) is 2.01. The van der Waals surface area contributed by atoms with Crippen LogP contribution in [0.2, 0.25) is 15.1 Å². The minimum atomic E-state index is -0.265. The highest BCUT2D eigenvalue weighted by Gasteiger charge is 2.12. The lowest BCUT2D eigenvalue weighted by Crippen LogP contribution is -2.14. The van der Waals surface area contributed by atoms with Crippen LogP contribution in [0.4, 0.5) is 5.69 Å². The number of halogens is 3. The number of amides is 1. The van der Waals surface area contributed by atoms with E-state index in [1.807, 2.05) is 0 Å². The Bertz CT molecular complexity index is 914. The highest BCUT2D eigenvalue weighted by atomic mass is 35.5. The van der Waals surface area contributed by atoms with E-state index < -0.39 is 0 Å². The molecule has 0 radical (unpaired) electrons. The summed E-state index contributed by atoms with van der Waals surface area (Å²) in [7, 11) is 0. The van der Waals surface area contributed by atoms with E-state index in [1.54, 1.807) is 42.5 Å². The molecule has 3 aromatic rings. The normalized spacial score (nSPS) is 10.6. The third-order valence-corrected chi connectivity index (χ3v) is 4.99. The summed E-state index contributed by atoms with van der Waals surface area (Å²) in [5.74, 6) is 1.05. The van der Waals surface area contributed by atoms with Gasteiger partial charge in [0.1, 0.15) is 12.4 Å². The van der Waals surface area contributed by atoms with Crippen LogP contribution in [0.15, 0.2) is 47.6 Å². The molecule has 0 bridgehead atoms. The number of carbonyl (C=O) groups excluding carboxylic acids is 1. The standard InChI is InChI=1S/C17H13Cl3N4O2S/c18-10-4-6-11(7-5-10)26-8-14-21-17(24-23-14)27-9-15(25)22-16-12(19)2-1-3-13(16)20/h1-7H,8-9H2,(H,22,25)(H,21,23,24). The summed E-state index contributed by atoms with van der Waals surface area (Å²) >= 11 is 19.1. The molecule has 0 fully saturated rings. The molecule has 10 heteroatoms. The van der Waals surface area contributed by atoms with Gasteiger partial charge in [-0.1, -0.05) is 52.6 Å². The highest BCUT2D eigenvalue weighted by Crippen LogP contribution is 2.30. The molecular weight excluding hydrogens is 431 g/mol. The molecule has 0 saturated carbocycles. The van der Waals surface area contributed by atoms with Gasteiger partial charge >= 0.3 is 0 Å². The van der Waals surface area contributed by atoms with Crippen molar-refractivity contribution in [2.24, 2.45) is 0 Å². The van der Waals surface area contributed by atoms with E-state index in [0.717, 1.165) is 0 Å². The Hall–Kier alpha value is -1.93. The second-order valence-corrected chi connectivity index (χ2v) is 7.43. The van der Waals surface area contributed by atoms with E-state index in [4.69, 9.17) is 39.5 Å². The van der Waals surface area contributed by atoms with Gasteiger partial charge in [-0.2, -0.15) is 0 Å². The predicted octanol–water partition coefficient (Wildman–Crippen LogP) is 5.07. The first-order valence-corrected chi connectivity index (χ1v) is 9.79. The maximum Gasteiger partial charge on any atom is 0.234 e. The Labute approximate surface area is 174 Å². The number of aromatic nitrogens is 3. The SMILES string of the molecule is O=C(CSc1n[nH]c(COc2ccc(Cl)cc2)n1)Nc1c(Cl)cccc1Cl.